The minimum absolute atomic E-state index is 0.222. The predicted molar refractivity (Wildman–Crippen MR) is 69.5 cm³/mol. The van der Waals surface area contributed by atoms with Crippen LogP contribution in [-0.4, -0.2) is 18.9 Å². The Hall–Kier alpha value is -2.18. The average molecular weight is 276 g/mol. The molecular weight excluding hydrogens is 266 g/mol. The van der Waals surface area contributed by atoms with E-state index in [-0.39, 0.29) is 10.8 Å². The van der Waals surface area contributed by atoms with Gasteiger partial charge < -0.3 is 5.32 Å². The van der Waals surface area contributed by atoms with Crippen molar-refractivity contribution in [2.75, 3.05) is 5.32 Å². The molecule has 19 heavy (non-hydrogen) atoms. The van der Waals surface area contributed by atoms with E-state index in [1.165, 1.54) is 24.3 Å². The molecule has 0 aliphatic rings. The van der Waals surface area contributed by atoms with E-state index in [0.29, 0.717) is 11.3 Å². The first-order valence-corrected chi connectivity index (χ1v) is 6.76. The molecule has 0 aliphatic carbocycles. The molecule has 0 aliphatic heterocycles. The molecule has 1 amide bonds. The number of nitrogens with one attached hydrogen (secondary N) is 1. The highest BCUT2D eigenvalue weighted by atomic mass is 32.2. The molecule has 0 fully saturated rings. The van der Waals surface area contributed by atoms with Crippen LogP contribution in [0.25, 0.3) is 0 Å². The van der Waals surface area contributed by atoms with Crippen molar-refractivity contribution in [3.63, 3.8) is 0 Å². The fourth-order valence-corrected chi connectivity index (χ4v) is 1.93. The number of carbonyl (C=O) groups is 1. The summed E-state index contributed by atoms with van der Waals surface area (Å²) in [6.07, 6.45) is 0. The number of carbonyl (C=O) groups excluding carboxylic acids is 1. The smallest absolute Gasteiger partial charge is 0.294 e. The topological polar surface area (TPSA) is 83.5 Å². The molecule has 6 heteroatoms. The Labute approximate surface area is 110 Å². The molecule has 0 aromatic heterocycles. The van der Waals surface area contributed by atoms with Gasteiger partial charge in [-0.2, -0.15) is 8.42 Å². The Morgan fingerprint density at radius 3 is 2.16 bits per heavy atom. The second kappa shape index (κ2) is 5.21. The maximum absolute atomic E-state index is 11.8. The lowest BCUT2D eigenvalue weighted by atomic mass is 10.2. The molecule has 97 valence electrons. The van der Waals surface area contributed by atoms with E-state index < -0.39 is 10.1 Å². The highest BCUT2D eigenvalue weighted by Gasteiger charge is 2.09. The van der Waals surface area contributed by atoms with Gasteiger partial charge in [0.1, 0.15) is 0 Å². The second-order valence-corrected chi connectivity index (χ2v) is 5.16. The van der Waals surface area contributed by atoms with Crippen LogP contribution in [0.4, 0.5) is 5.69 Å². The Kier molecular flexibility index (Phi) is 3.64. The Bertz CT molecular complexity index is 678. The van der Waals surface area contributed by atoms with Crippen LogP contribution in [0.5, 0.6) is 0 Å². The number of anilines is 1. The molecule has 2 N–H and O–H groups in total. The van der Waals surface area contributed by atoms with Crippen LogP contribution in [0.1, 0.15) is 10.4 Å². The molecule has 2 rings (SSSR count). The maximum atomic E-state index is 11.8. The molecular formula is C13H10NO4S. The molecule has 0 unspecified atom stereocenters. The van der Waals surface area contributed by atoms with Crippen LogP contribution in [0.15, 0.2) is 53.4 Å². The highest BCUT2D eigenvalue weighted by molar-refractivity contribution is 7.85. The number of amides is 1. The lowest BCUT2D eigenvalue weighted by Gasteiger charge is -2.05. The van der Waals surface area contributed by atoms with E-state index >= 15 is 0 Å². The monoisotopic (exact) mass is 276 g/mol. The van der Waals surface area contributed by atoms with Gasteiger partial charge in [0.05, 0.1) is 4.90 Å². The summed E-state index contributed by atoms with van der Waals surface area (Å²) in [7, 11) is -4.22. The molecule has 0 bridgehead atoms. The first-order valence-electron chi connectivity index (χ1n) is 5.32. The zero-order valence-electron chi connectivity index (χ0n) is 9.70. The zero-order valence-corrected chi connectivity index (χ0v) is 10.5. The van der Waals surface area contributed by atoms with Crippen molar-refractivity contribution in [2.45, 2.75) is 4.90 Å². The van der Waals surface area contributed by atoms with Gasteiger partial charge in [-0.25, -0.2) is 0 Å². The lowest BCUT2D eigenvalue weighted by molar-refractivity contribution is 0.102. The number of hydrogen-bond acceptors (Lipinski definition) is 3. The summed E-state index contributed by atoms with van der Waals surface area (Å²) in [4.78, 5) is 11.6. The predicted octanol–water partition coefficient (Wildman–Crippen LogP) is 1.99. The van der Waals surface area contributed by atoms with Crippen LogP contribution in [-0.2, 0) is 10.1 Å². The lowest BCUT2D eigenvalue weighted by Crippen LogP contribution is -2.11. The van der Waals surface area contributed by atoms with Gasteiger partial charge in [0, 0.05) is 11.3 Å². The van der Waals surface area contributed by atoms with Crippen LogP contribution in [0, 0.1) is 6.07 Å². The Balaban J connectivity index is 2.15. The number of benzene rings is 2. The van der Waals surface area contributed by atoms with E-state index in [4.69, 9.17) is 4.55 Å². The van der Waals surface area contributed by atoms with Crippen molar-refractivity contribution in [3.05, 3.63) is 60.2 Å². The van der Waals surface area contributed by atoms with Gasteiger partial charge in [-0.1, -0.05) is 12.1 Å². The van der Waals surface area contributed by atoms with E-state index in [2.05, 4.69) is 11.4 Å². The summed E-state index contributed by atoms with van der Waals surface area (Å²) in [5, 5.41) is 2.61. The fraction of sp³-hybridized carbons (Fsp3) is 0. The van der Waals surface area contributed by atoms with Gasteiger partial charge in [-0.05, 0) is 42.5 Å². The van der Waals surface area contributed by atoms with Crippen molar-refractivity contribution in [1.29, 1.82) is 0 Å². The van der Waals surface area contributed by atoms with Gasteiger partial charge >= 0.3 is 0 Å². The van der Waals surface area contributed by atoms with E-state index in [1.54, 1.807) is 24.3 Å². The standard InChI is InChI=1S/C13H10NO4S/c15-13(10-4-2-1-3-5-10)14-11-6-8-12(9-7-11)19(16,17)18/h2-9H,(H,14,15)(H,16,17,18). The first kappa shape index (κ1) is 13.3. The highest BCUT2D eigenvalue weighted by Crippen LogP contribution is 2.14. The van der Waals surface area contributed by atoms with Gasteiger partial charge in [0.25, 0.3) is 16.0 Å². The maximum Gasteiger partial charge on any atom is 0.294 e. The third-order valence-corrected chi connectivity index (χ3v) is 3.26. The van der Waals surface area contributed by atoms with Crippen LogP contribution < -0.4 is 5.32 Å². The normalized spacial score (nSPS) is 11.0. The summed E-state index contributed by atoms with van der Waals surface area (Å²) in [6, 6.07) is 14.5. The minimum Gasteiger partial charge on any atom is -0.322 e. The quantitative estimate of drug-likeness (QED) is 0.840. The molecule has 0 heterocycles. The zero-order chi connectivity index (χ0) is 13.9. The molecule has 0 saturated carbocycles. The SMILES string of the molecule is O=C(Nc1ccc(S(=O)(=O)O)cc1)c1cc[c]cc1. The number of hydrogen-bond donors (Lipinski definition) is 2. The largest absolute Gasteiger partial charge is 0.322 e. The third kappa shape index (κ3) is 3.40. The molecule has 2 aromatic rings. The van der Waals surface area contributed by atoms with E-state index in [1.807, 2.05) is 0 Å². The van der Waals surface area contributed by atoms with Crippen LogP contribution in [0.2, 0.25) is 0 Å². The summed E-state index contributed by atoms with van der Waals surface area (Å²) in [5.41, 5.74) is 0.905. The summed E-state index contributed by atoms with van der Waals surface area (Å²) < 4.78 is 30.5. The summed E-state index contributed by atoms with van der Waals surface area (Å²) >= 11 is 0. The molecule has 0 spiro atoms. The van der Waals surface area contributed by atoms with Crippen molar-refractivity contribution < 1.29 is 17.8 Å². The summed E-state index contributed by atoms with van der Waals surface area (Å²) in [5.74, 6) is -0.311. The molecule has 0 atom stereocenters. The van der Waals surface area contributed by atoms with Crippen molar-refractivity contribution in [3.8, 4) is 0 Å². The van der Waals surface area contributed by atoms with E-state index in [0.717, 1.165) is 0 Å². The summed E-state index contributed by atoms with van der Waals surface area (Å²) in [6.45, 7) is 0. The molecule has 0 saturated heterocycles. The Morgan fingerprint density at radius 1 is 1.05 bits per heavy atom. The van der Waals surface area contributed by atoms with Gasteiger partial charge in [0.2, 0.25) is 0 Å². The molecule has 1 radical (unpaired) electrons. The fourth-order valence-electron chi connectivity index (χ4n) is 1.45. The van der Waals surface area contributed by atoms with Crippen LogP contribution in [0.3, 0.4) is 0 Å². The Morgan fingerprint density at radius 2 is 1.63 bits per heavy atom. The number of rotatable bonds is 3. The minimum atomic E-state index is -4.22. The molecule has 5 nitrogen and oxygen atoms in total. The first-order chi connectivity index (χ1) is 8.97. The van der Waals surface area contributed by atoms with Gasteiger partial charge in [0.15, 0.2) is 0 Å². The van der Waals surface area contributed by atoms with Gasteiger partial charge in [-0.3, -0.25) is 9.35 Å². The molecule has 2 aromatic carbocycles. The van der Waals surface area contributed by atoms with Crippen molar-refractivity contribution in [1.82, 2.24) is 0 Å². The van der Waals surface area contributed by atoms with Gasteiger partial charge in [-0.15, -0.1) is 0 Å². The second-order valence-electron chi connectivity index (χ2n) is 3.74. The van der Waals surface area contributed by atoms with Crippen LogP contribution >= 0.6 is 0 Å². The van der Waals surface area contributed by atoms with Crippen molar-refractivity contribution in [2.24, 2.45) is 0 Å². The third-order valence-electron chi connectivity index (χ3n) is 2.39. The van der Waals surface area contributed by atoms with E-state index in [9.17, 15) is 13.2 Å². The van der Waals surface area contributed by atoms with Crippen molar-refractivity contribution >= 4 is 21.7 Å². The average Bonchev–Trinajstić information content (AvgIpc) is 2.39.